The van der Waals surface area contributed by atoms with Crippen LogP contribution in [0.5, 0.6) is 0 Å². The first-order chi connectivity index (χ1) is 14.2. The lowest BCUT2D eigenvalue weighted by Crippen LogP contribution is -2.31. The molecule has 2 aromatic carbocycles. The van der Waals surface area contributed by atoms with Crippen molar-refractivity contribution in [2.24, 2.45) is 5.92 Å². The van der Waals surface area contributed by atoms with Crippen LogP contribution >= 0.6 is 0 Å². The van der Waals surface area contributed by atoms with E-state index in [1.54, 1.807) is 12.3 Å². The van der Waals surface area contributed by atoms with Crippen molar-refractivity contribution >= 4 is 17.5 Å². The van der Waals surface area contributed by atoms with Crippen LogP contribution in [0.2, 0.25) is 0 Å². The highest BCUT2D eigenvalue weighted by molar-refractivity contribution is 5.96. The Bertz CT molecular complexity index is 946. The van der Waals surface area contributed by atoms with Gasteiger partial charge in [-0.05, 0) is 48.2 Å². The Morgan fingerprint density at radius 1 is 0.931 bits per heavy atom. The van der Waals surface area contributed by atoms with Crippen molar-refractivity contribution < 1.29 is 14.0 Å². The molecule has 0 atom stereocenters. The summed E-state index contributed by atoms with van der Waals surface area (Å²) < 4.78 is 5.22. The average Bonchev–Trinajstić information content (AvgIpc) is 3.47. The molecule has 29 heavy (non-hydrogen) atoms. The number of rotatable bonds is 8. The Hall–Kier alpha value is -3.34. The summed E-state index contributed by atoms with van der Waals surface area (Å²) in [5.41, 5.74) is 2.87. The van der Waals surface area contributed by atoms with E-state index in [1.165, 1.54) is 0 Å². The van der Waals surface area contributed by atoms with Crippen LogP contribution in [0.15, 0.2) is 77.4 Å². The third-order valence-electron chi connectivity index (χ3n) is 5.03. The SMILES string of the molecule is O=C(Cc1ccc(N(Cc2ccccc2)C(=O)C2CC2)cc1)NCc1ccco1. The van der Waals surface area contributed by atoms with Crippen molar-refractivity contribution in [2.45, 2.75) is 32.4 Å². The van der Waals surface area contributed by atoms with Gasteiger partial charge in [-0.2, -0.15) is 0 Å². The lowest BCUT2D eigenvalue weighted by atomic mass is 10.1. The van der Waals surface area contributed by atoms with Crippen LogP contribution in [0.25, 0.3) is 0 Å². The highest BCUT2D eigenvalue weighted by Gasteiger charge is 2.34. The summed E-state index contributed by atoms with van der Waals surface area (Å²) in [6.45, 7) is 0.934. The van der Waals surface area contributed by atoms with Crippen LogP contribution in [-0.4, -0.2) is 11.8 Å². The van der Waals surface area contributed by atoms with Gasteiger partial charge in [-0.1, -0.05) is 42.5 Å². The summed E-state index contributed by atoms with van der Waals surface area (Å²) >= 11 is 0. The summed E-state index contributed by atoms with van der Waals surface area (Å²) in [5.74, 6) is 0.983. The molecular formula is C24H24N2O3. The Balaban J connectivity index is 1.41. The fourth-order valence-electron chi connectivity index (χ4n) is 3.25. The van der Waals surface area contributed by atoms with Gasteiger partial charge in [-0.25, -0.2) is 0 Å². The van der Waals surface area contributed by atoms with Gasteiger partial charge in [0.05, 0.1) is 25.8 Å². The van der Waals surface area contributed by atoms with Gasteiger partial charge in [0.2, 0.25) is 11.8 Å². The third kappa shape index (κ3) is 5.13. The Morgan fingerprint density at radius 2 is 1.69 bits per heavy atom. The fraction of sp³-hybridized carbons (Fsp3) is 0.250. The van der Waals surface area contributed by atoms with Crippen LogP contribution in [0, 0.1) is 5.92 Å². The highest BCUT2D eigenvalue weighted by atomic mass is 16.3. The van der Waals surface area contributed by atoms with Crippen molar-refractivity contribution in [2.75, 3.05) is 4.90 Å². The van der Waals surface area contributed by atoms with Gasteiger partial charge >= 0.3 is 0 Å². The van der Waals surface area contributed by atoms with Crippen LogP contribution in [-0.2, 0) is 29.1 Å². The third-order valence-corrected chi connectivity index (χ3v) is 5.03. The molecule has 0 radical (unpaired) electrons. The molecule has 0 aliphatic heterocycles. The largest absolute Gasteiger partial charge is 0.467 e. The van der Waals surface area contributed by atoms with E-state index in [0.717, 1.165) is 35.4 Å². The Labute approximate surface area is 170 Å². The van der Waals surface area contributed by atoms with Gasteiger partial charge in [0.15, 0.2) is 0 Å². The summed E-state index contributed by atoms with van der Waals surface area (Å²) in [4.78, 5) is 26.8. The molecule has 0 saturated heterocycles. The molecule has 1 N–H and O–H groups in total. The molecule has 1 aliphatic carbocycles. The molecule has 4 rings (SSSR count). The van der Waals surface area contributed by atoms with E-state index in [1.807, 2.05) is 65.6 Å². The molecule has 1 saturated carbocycles. The zero-order chi connectivity index (χ0) is 20.1. The number of amides is 2. The maximum Gasteiger partial charge on any atom is 0.230 e. The van der Waals surface area contributed by atoms with E-state index in [-0.39, 0.29) is 24.2 Å². The van der Waals surface area contributed by atoms with Gasteiger partial charge in [0, 0.05) is 11.6 Å². The molecule has 1 fully saturated rings. The number of hydrogen-bond acceptors (Lipinski definition) is 3. The first-order valence-electron chi connectivity index (χ1n) is 9.92. The van der Waals surface area contributed by atoms with Gasteiger partial charge in [-0.15, -0.1) is 0 Å². The van der Waals surface area contributed by atoms with Crippen LogP contribution in [0.1, 0.15) is 29.7 Å². The number of nitrogens with one attached hydrogen (secondary N) is 1. The number of benzene rings is 2. The number of hydrogen-bond donors (Lipinski definition) is 1. The second-order valence-corrected chi connectivity index (χ2v) is 7.38. The van der Waals surface area contributed by atoms with Gasteiger partial charge in [0.25, 0.3) is 0 Å². The van der Waals surface area contributed by atoms with E-state index in [4.69, 9.17) is 4.42 Å². The summed E-state index contributed by atoms with van der Waals surface area (Å²) in [6.07, 6.45) is 3.82. The highest BCUT2D eigenvalue weighted by Crippen LogP contribution is 2.33. The number of furan rings is 1. The van der Waals surface area contributed by atoms with Gasteiger partial charge < -0.3 is 14.6 Å². The van der Waals surface area contributed by atoms with E-state index >= 15 is 0 Å². The molecule has 3 aromatic rings. The molecule has 1 aromatic heterocycles. The summed E-state index contributed by atoms with van der Waals surface area (Å²) in [5, 5.41) is 2.85. The van der Waals surface area contributed by atoms with Crippen LogP contribution in [0.3, 0.4) is 0 Å². The Kier molecular flexibility index (Phi) is 5.75. The normalized spacial score (nSPS) is 13.1. The predicted molar refractivity (Wildman–Crippen MR) is 111 cm³/mol. The second kappa shape index (κ2) is 8.78. The lowest BCUT2D eigenvalue weighted by molar-refractivity contribution is -0.121. The van der Waals surface area contributed by atoms with E-state index < -0.39 is 0 Å². The molecule has 5 nitrogen and oxygen atoms in total. The van der Waals surface area contributed by atoms with E-state index in [2.05, 4.69) is 5.32 Å². The smallest absolute Gasteiger partial charge is 0.230 e. The fourth-order valence-corrected chi connectivity index (χ4v) is 3.25. The summed E-state index contributed by atoms with van der Waals surface area (Å²) in [7, 11) is 0. The van der Waals surface area contributed by atoms with Crippen molar-refractivity contribution in [3.8, 4) is 0 Å². The monoisotopic (exact) mass is 388 g/mol. The maximum atomic E-state index is 12.8. The molecule has 0 unspecified atom stereocenters. The number of nitrogens with zero attached hydrogens (tertiary/aromatic N) is 1. The van der Waals surface area contributed by atoms with Crippen molar-refractivity contribution in [1.82, 2.24) is 5.32 Å². The molecule has 148 valence electrons. The number of carbonyl (C=O) groups is 2. The zero-order valence-electron chi connectivity index (χ0n) is 16.2. The maximum absolute atomic E-state index is 12.8. The second-order valence-electron chi connectivity index (χ2n) is 7.38. The van der Waals surface area contributed by atoms with Crippen molar-refractivity contribution in [3.05, 3.63) is 89.9 Å². The first-order valence-corrected chi connectivity index (χ1v) is 9.92. The summed E-state index contributed by atoms with van der Waals surface area (Å²) in [6, 6.07) is 21.3. The molecule has 5 heteroatoms. The standard InChI is InChI=1S/C24H24N2O3/c27-23(25-16-22-7-4-14-29-22)15-18-8-12-21(13-9-18)26(24(28)20-10-11-20)17-19-5-2-1-3-6-19/h1-9,12-14,20H,10-11,15-17H2,(H,25,27). The molecular weight excluding hydrogens is 364 g/mol. The first kappa shape index (κ1) is 19.0. The minimum atomic E-state index is -0.0654. The number of anilines is 1. The van der Waals surface area contributed by atoms with Gasteiger partial charge in [0.1, 0.15) is 5.76 Å². The lowest BCUT2D eigenvalue weighted by Gasteiger charge is -2.23. The van der Waals surface area contributed by atoms with Crippen molar-refractivity contribution in [3.63, 3.8) is 0 Å². The van der Waals surface area contributed by atoms with E-state index in [9.17, 15) is 9.59 Å². The molecule has 0 bridgehead atoms. The average molecular weight is 388 g/mol. The topological polar surface area (TPSA) is 62.6 Å². The molecule has 0 spiro atoms. The van der Waals surface area contributed by atoms with Crippen LogP contribution < -0.4 is 10.2 Å². The minimum absolute atomic E-state index is 0.0654. The number of carbonyl (C=O) groups excluding carboxylic acids is 2. The molecule has 1 heterocycles. The predicted octanol–water partition coefficient (Wildman–Crippen LogP) is 4.08. The van der Waals surface area contributed by atoms with Gasteiger partial charge in [-0.3, -0.25) is 9.59 Å². The molecule has 2 amide bonds. The van der Waals surface area contributed by atoms with E-state index in [0.29, 0.717) is 13.1 Å². The van der Waals surface area contributed by atoms with Crippen LogP contribution in [0.4, 0.5) is 5.69 Å². The Morgan fingerprint density at radius 3 is 2.34 bits per heavy atom. The molecule has 1 aliphatic rings. The zero-order valence-corrected chi connectivity index (χ0v) is 16.2. The van der Waals surface area contributed by atoms with Crippen molar-refractivity contribution in [1.29, 1.82) is 0 Å². The minimum Gasteiger partial charge on any atom is -0.467 e. The quantitative estimate of drug-likeness (QED) is 0.632.